The van der Waals surface area contributed by atoms with Crippen LogP contribution in [-0.4, -0.2) is 35.6 Å². The van der Waals surface area contributed by atoms with Crippen LogP contribution in [0.4, 0.5) is 0 Å². The quantitative estimate of drug-likeness (QED) is 0.884. The number of hydrogen-bond donors (Lipinski definition) is 1. The Hall–Kier alpha value is -2.15. The van der Waals surface area contributed by atoms with Crippen LogP contribution >= 0.6 is 0 Å². The van der Waals surface area contributed by atoms with Crippen molar-refractivity contribution < 1.29 is 13.2 Å². The number of aromatic nitrogens is 2. The summed E-state index contributed by atoms with van der Waals surface area (Å²) in [5.74, 6) is -0.521. The fraction of sp³-hybridized carbons (Fsp3) is 0.375. The zero-order chi connectivity index (χ0) is 16.3. The van der Waals surface area contributed by atoms with Crippen molar-refractivity contribution in [3.63, 3.8) is 0 Å². The number of benzene rings is 1. The third kappa shape index (κ3) is 3.98. The van der Waals surface area contributed by atoms with Crippen molar-refractivity contribution in [2.75, 3.05) is 11.5 Å². The molecule has 0 bridgehead atoms. The third-order valence-electron chi connectivity index (χ3n) is 4.07. The van der Waals surface area contributed by atoms with Gasteiger partial charge in [0, 0.05) is 18.9 Å². The third-order valence-corrected chi connectivity index (χ3v) is 5.83. The summed E-state index contributed by atoms with van der Waals surface area (Å²) in [7, 11) is -3.04. The van der Waals surface area contributed by atoms with Crippen molar-refractivity contribution in [3.8, 4) is 0 Å². The van der Waals surface area contributed by atoms with Crippen LogP contribution in [0.25, 0.3) is 0 Å². The molecule has 0 unspecified atom stereocenters. The van der Waals surface area contributed by atoms with Gasteiger partial charge in [-0.1, -0.05) is 24.3 Å². The lowest BCUT2D eigenvalue weighted by Gasteiger charge is -2.13. The molecule has 2 aromatic rings. The highest BCUT2D eigenvalue weighted by Crippen LogP contribution is 2.19. The smallest absolute Gasteiger partial charge is 0.224 e. The number of hydrogen-bond acceptors (Lipinski definition) is 4. The van der Waals surface area contributed by atoms with Crippen LogP contribution in [0.1, 0.15) is 17.5 Å². The van der Waals surface area contributed by atoms with Crippen LogP contribution < -0.4 is 5.32 Å². The van der Waals surface area contributed by atoms with Crippen molar-refractivity contribution in [1.29, 1.82) is 0 Å². The summed E-state index contributed by atoms with van der Waals surface area (Å²) in [4.78, 5) is 12.1. The van der Waals surface area contributed by atoms with Crippen LogP contribution in [0, 0.1) is 5.92 Å². The first-order valence-corrected chi connectivity index (χ1v) is 9.38. The minimum absolute atomic E-state index is 0.0340. The Kier molecular flexibility index (Phi) is 4.47. The number of nitrogens with one attached hydrogen (secondary N) is 1. The van der Waals surface area contributed by atoms with Crippen molar-refractivity contribution in [2.45, 2.75) is 19.5 Å². The molecule has 0 spiro atoms. The van der Waals surface area contributed by atoms with Gasteiger partial charge in [0.15, 0.2) is 9.84 Å². The average molecular weight is 333 g/mol. The fourth-order valence-electron chi connectivity index (χ4n) is 2.78. The van der Waals surface area contributed by atoms with Crippen molar-refractivity contribution in [1.82, 2.24) is 15.1 Å². The van der Waals surface area contributed by atoms with Gasteiger partial charge in [0.25, 0.3) is 0 Å². The van der Waals surface area contributed by atoms with Gasteiger partial charge in [0.1, 0.15) is 0 Å². The molecule has 1 saturated heterocycles. The first kappa shape index (κ1) is 15.7. The number of amides is 1. The average Bonchev–Trinajstić information content (AvgIpc) is 3.15. The summed E-state index contributed by atoms with van der Waals surface area (Å²) in [6.45, 7) is 1.03. The second kappa shape index (κ2) is 6.54. The van der Waals surface area contributed by atoms with Crippen molar-refractivity contribution in [3.05, 3.63) is 53.9 Å². The van der Waals surface area contributed by atoms with Gasteiger partial charge in [-0.25, -0.2) is 8.42 Å². The summed E-state index contributed by atoms with van der Waals surface area (Å²) in [5, 5.41) is 7.06. The van der Waals surface area contributed by atoms with Crippen LogP contribution in [0.3, 0.4) is 0 Å². The molecule has 0 radical (unpaired) electrons. The standard InChI is InChI=1S/C16H19N3O3S/c20-16(15-6-9-23(21,22)12-15)17-10-13-4-1-2-5-14(13)11-19-8-3-7-18-19/h1-5,7-8,15H,6,9-12H2,(H,17,20)/t15-/m0/s1. The van der Waals surface area contributed by atoms with E-state index in [1.807, 2.05) is 41.2 Å². The maximum atomic E-state index is 12.1. The first-order chi connectivity index (χ1) is 11.0. The van der Waals surface area contributed by atoms with E-state index in [2.05, 4.69) is 10.4 Å². The van der Waals surface area contributed by atoms with Gasteiger partial charge in [-0.2, -0.15) is 5.10 Å². The lowest BCUT2D eigenvalue weighted by atomic mass is 10.1. The molecule has 1 aromatic heterocycles. The Labute approximate surface area is 135 Å². The minimum Gasteiger partial charge on any atom is -0.352 e. The van der Waals surface area contributed by atoms with Gasteiger partial charge in [-0.3, -0.25) is 9.48 Å². The Bertz CT molecular complexity index is 785. The molecule has 1 aliphatic heterocycles. The first-order valence-electron chi connectivity index (χ1n) is 7.56. The van der Waals surface area contributed by atoms with Gasteiger partial charge in [0.2, 0.25) is 5.91 Å². The van der Waals surface area contributed by atoms with Crippen LogP contribution in [-0.2, 0) is 27.7 Å². The zero-order valence-corrected chi connectivity index (χ0v) is 13.5. The van der Waals surface area contributed by atoms with E-state index in [9.17, 15) is 13.2 Å². The van der Waals surface area contributed by atoms with E-state index in [0.29, 0.717) is 19.5 Å². The zero-order valence-electron chi connectivity index (χ0n) is 12.7. The predicted molar refractivity (Wildman–Crippen MR) is 86.4 cm³/mol. The Morgan fingerprint density at radius 2 is 2.04 bits per heavy atom. The second-order valence-electron chi connectivity index (χ2n) is 5.79. The summed E-state index contributed by atoms with van der Waals surface area (Å²) >= 11 is 0. The highest BCUT2D eigenvalue weighted by molar-refractivity contribution is 7.91. The summed E-state index contributed by atoms with van der Waals surface area (Å²) < 4.78 is 24.7. The Balaban J connectivity index is 1.63. The van der Waals surface area contributed by atoms with Gasteiger partial charge in [0.05, 0.1) is 24.0 Å². The molecule has 1 aromatic carbocycles. The van der Waals surface area contributed by atoms with E-state index < -0.39 is 15.8 Å². The molecular formula is C16H19N3O3S. The molecule has 0 saturated carbocycles. The van der Waals surface area contributed by atoms with E-state index in [1.54, 1.807) is 6.20 Å². The summed E-state index contributed by atoms with van der Waals surface area (Å²) in [6, 6.07) is 9.71. The van der Waals surface area contributed by atoms with E-state index >= 15 is 0 Å². The molecule has 1 aliphatic rings. The maximum Gasteiger partial charge on any atom is 0.224 e. The molecule has 2 heterocycles. The number of carbonyl (C=O) groups excluding carboxylic acids is 1. The maximum absolute atomic E-state index is 12.1. The molecule has 23 heavy (non-hydrogen) atoms. The Morgan fingerprint density at radius 3 is 2.70 bits per heavy atom. The largest absolute Gasteiger partial charge is 0.352 e. The second-order valence-corrected chi connectivity index (χ2v) is 8.02. The molecular weight excluding hydrogens is 314 g/mol. The van der Waals surface area contributed by atoms with Crippen LogP contribution in [0.15, 0.2) is 42.7 Å². The molecule has 1 amide bonds. The Morgan fingerprint density at radius 1 is 1.26 bits per heavy atom. The predicted octanol–water partition coefficient (Wildman–Crippen LogP) is 0.982. The molecule has 1 atom stereocenters. The van der Waals surface area contributed by atoms with E-state index in [-0.39, 0.29) is 17.4 Å². The van der Waals surface area contributed by atoms with E-state index in [4.69, 9.17) is 0 Å². The number of rotatable bonds is 5. The lowest BCUT2D eigenvalue weighted by molar-refractivity contribution is -0.124. The lowest BCUT2D eigenvalue weighted by Crippen LogP contribution is -2.31. The number of nitrogens with zero attached hydrogens (tertiary/aromatic N) is 2. The number of sulfone groups is 1. The topological polar surface area (TPSA) is 81.1 Å². The van der Waals surface area contributed by atoms with Crippen molar-refractivity contribution in [2.24, 2.45) is 5.92 Å². The van der Waals surface area contributed by atoms with Crippen LogP contribution in [0.5, 0.6) is 0 Å². The molecule has 7 heteroatoms. The van der Waals surface area contributed by atoms with E-state index in [1.165, 1.54) is 0 Å². The molecule has 6 nitrogen and oxygen atoms in total. The normalized spacial score (nSPS) is 19.6. The van der Waals surface area contributed by atoms with E-state index in [0.717, 1.165) is 11.1 Å². The molecule has 1 N–H and O–H groups in total. The SMILES string of the molecule is O=C(NCc1ccccc1Cn1cccn1)[C@H]1CCS(=O)(=O)C1. The highest BCUT2D eigenvalue weighted by Gasteiger charge is 2.32. The molecule has 122 valence electrons. The van der Waals surface area contributed by atoms with Gasteiger partial charge in [-0.15, -0.1) is 0 Å². The van der Waals surface area contributed by atoms with Crippen molar-refractivity contribution >= 4 is 15.7 Å². The summed E-state index contributed by atoms with van der Waals surface area (Å²) in [6.07, 6.45) is 4.03. The van der Waals surface area contributed by atoms with Gasteiger partial charge in [-0.05, 0) is 23.6 Å². The monoisotopic (exact) mass is 333 g/mol. The van der Waals surface area contributed by atoms with Crippen LogP contribution in [0.2, 0.25) is 0 Å². The molecule has 0 aliphatic carbocycles. The summed E-state index contributed by atoms with van der Waals surface area (Å²) in [5.41, 5.74) is 2.09. The highest BCUT2D eigenvalue weighted by atomic mass is 32.2. The van der Waals surface area contributed by atoms with Gasteiger partial charge < -0.3 is 5.32 Å². The molecule has 1 fully saturated rings. The minimum atomic E-state index is -3.04. The molecule has 3 rings (SSSR count). The fourth-order valence-corrected chi connectivity index (χ4v) is 4.52. The number of carbonyl (C=O) groups is 1. The van der Waals surface area contributed by atoms with Gasteiger partial charge >= 0.3 is 0 Å².